The number of piperidine rings is 1. The zero-order valence-corrected chi connectivity index (χ0v) is 19.1. The molecule has 32 heavy (non-hydrogen) atoms. The van der Waals surface area contributed by atoms with Gasteiger partial charge in [0.15, 0.2) is 0 Å². The molecule has 2 fully saturated rings. The number of ether oxygens (including phenoxy) is 1. The van der Waals surface area contributed by atoms with E-state index in [9.17, 15) is 4.39 Å². The minimum atomic E-state index is -0.833. The van der Waals surface area contributed by atoms with Crippen LogP contribution >= 0.6 is 0 Å². The zero-order valence-electron chi connectivity index (χ0n) is 19.1. The average molecular weight is 445 g/mol. The Hall–Kier alpha value is -3.03. The predicted octanol–water partition coefficient (Wildman–Crippen LogP) is 4.03. The van der Waals surface area contributed by atoms with Crippen LogP contribution in [0.25, 0.3) is 0 Å². The number of methoxy groups -OCH3 is 1. The Morgan fingerprint density at radius 1 is 1.12 bits per heavy atom. The fourth-order valence-corrected chi connectivity index (χ4v) is 4.29. The molecular weight excluding hydrogens is 411 g/mol. The Morgan fingerprint density at radius 2 is 1.78 bits per heavy atom. The van der Waals surface area contributed by atoms with Crippen molar-refractivity contribution >= 4 is 23.2 Å². The van der Waals surface area contributed by atoms with Crippen molar-refractivity contribution < 1.29 is 19.0 Å². The lowest BCUT2D eigenvalue weighted by atomic mass is 10.0. The van der Waals surface area contributed by atoms with E-state index in [2.05, 4.69) is 33.9 Å². The van der Waals surface area contributed by atoms with Crippen LogP contribution < -0.4 is 19.4 Å². The lowest BCUT2D eigenvalue weighted by Gasteiger charge is -2.38. The number of hydrogen-bond donors (Lipinski definition) is 1. The molecule has 0 spiro atoms. The molecule has 4 rings (SSSR count). The van der Waals surface area contributed by atoms with Crippen LogP contribution in [0, 0.1) is 5.82 Å². The summed E-state index contributed by atoms with van der Waals surface area (Å²) in [5, 5.41) is 7.42. The van der Waals surface area contributed by atoms with Crippen molar-refractivity contribution in [2.75, 3.05) is 55.0 Å². The summed E-state index contributed by atoms with van der Waals surface area (Å²) in [4.78, 5) is 20.5. The minimum Gasteiger partial charge on any atom is -0.497 e. The van der Waals surface area contributed by atoms with E-state index in [4.69, 9.17) is 19.6 Å². The van der Waals surface area contributed by atoms with E-state index in [1.807, 2.05) is 6.20 Å². The summed E-state index contributed by atoms with van der Waals surface area (Å²) in [6.45, 7) is 5.00. The van der Waals surface area contributed by atoms with E-state index in [-0.39, 0.29) is 5.82 Å². The standard InChI is InChI=1S/C22H29FN4O.C2H4O2/c1-25(22-8-5-18(16-24-22)26-11-3-4-12-26)17-9-13-27(14-10-17)21-15-19(28-2)6-7-20(21)23;1-2(3)4/h5-8,15-17H,3-4,9-14H2,1-2H3;1H3,(H,3,4). The van der Waals surface area contributed by atoms with E-state index in [1.54, 1.807) is 19.2 Å². The molecule has 2 saturated heterocycles. The number of aromatic nitrogens is 1. The van der Waals surface area contributed by atoms with Crippen molar-refractivity contribution in [3.05, 3.63) is 42.3 Å². The number of aliphatic carboxylic acids is 1. The van der Waals surface area contributed by atoms with Crippen LogP contribution in [0.1, 0.15) is 32.6 Å². The maximum absolute atomic E-state index is 14.3. The molecule has 2 aromatic rings. The molecule has 174 valence electrons. The number of anilines is 3. The molecule has 0 radical (unpaired) electrons. The van der Waals surface area contributed by atoms with Crippen LogP contribution in [0.4, 0.5) is 21.6 Å². The molecule has 8 heteroatoms. The van der Waals surface area contributed by atoms with Crippen molar-refractivity contribution in [3.8, 4) is 5.75 Å². The van der Waals surface area contributed by atoms with Crippen molar-refractivity contribution in [2.24, 2.45) is 0 Å². The second-order valence-corrected chi connectivity index (χ2v) is 8.23. The first kappa shape index (κ1) is 23.6. The van der Waals surface area contributed by atoms with Crippen molar-refractivity contribution in [1.29, 1.82) is 0 Å². The quantitative estimate of drug-likeness (QED) is 0.747. The third-order valence-electron chi connectivity index (χ3n) is 6.07. The number of rotatable bonds is 5. The number of carboxylic acid groups (broad SMARTS) is 1. The molecule has 0 bridgehead atoms. The van der Waals surface area contributed by atoms with Gasteiger partial charge < -0.3 is 24.5 Å². The summed E-state index contributed by atoms with van der Waals surface area (Å²) in [6.07, 6.45) is 6.49. The van der Waals surface area contributed by atoms with Crippen LogP contribution in [0.15, 0.2) is 36.5 Å². The molecule has 0 saturated carbocycles. The average Bonchev–Trinajstić information content (AvgIpc) is 3.34. The van der Waals surface area contributed by atoms with E-state index in [0.29, 0.717) is 17.5 Å². The van der Waals surface area contributed by atoms with Gasteiger partial charge in [-0.1, -0.05) is 0 Å². The van der Waals surface area contributed by atoms with Gasteiger partial charge in [-0.3, -0.25) is 4.79 Å². The van der Waals surface area contributed by atoms with Gasteiger partial charge in [-0.05, 0) is 49.9 Å². The van der Waals surface area contributed by atoms with E-state index in [1.165, 1.54) is 24.6 Å². The molecule has 0 aliphatic carbocycles. The summed E-state index contributed by atoms with van der Waals surface area (Å²) >= 11 is 0. The van der Waals surface area contributed by atoms with Crippen molar-refractivity contribution in [2.45, 2.75) is 38.6 Å². The SMILES string of the molecule is CC(=O)O.COc1ccc(F)c(N2CCC(N(C)c3ccc(N4CCCC4)cn3)CC2)c1. The van der Waals surface area contributed by atoms with E-state index < -0.39 is 5.97 Å². The molecule has 1 aromatic heterocycles. The van der Waals surface area contributed by atoms with Crippen LogP contribution in [0.5, 0.6) is 5.75 Å². The van der Waals surface area contributed by atoms with Gasteiger partial charge >= 0.3 is 0 Å². The molecule has 0 amide bonds. The molecule has 2 aliphatic rings. The van der Waals surface area contributed by atoms with Gasteiger partial charge in [0, 0.05) is 52.3 Å². The molecule has 1 N–H and O–H groups in total. The number of nitrogens with zero attached hydrogens (tertiary/aromatic N) is 4. The number of pyridine rings is 1. The summed E-state index contributed by atoms with van der Waals surface area (Å²) < 4.78 is 19.5. The highest BCUT2D eigenvalue weighted by Gasteiger charge is 2.25. The fourth-order valence-electron chi connectivity index (χ4n) is 4.29. The van der Waals surface area contributed by atoms with Gasteiger partial charge in [0.25, 0.3) is 5.97 Å². The predicted molar refractivity (Wildman–Crippen MR) is 126 cm³/mol. The van der Waals surface area contributed by atoms with Gasteiger partial charge in [0.1, 0.15) is 17.4 Å². The first-order valence-corrected chi connectivity index (χ1v) is 11.1. The Balaban J connectivity index is 0.000000668. The van der Waals surface area contributed by atoms with Gasteiger partial charge in [0.2, 0.25) is 0 Å². The fraction of sp³-hybridized carbons (Fsp3) is 0.500. The lowest BCUT2D eigenvalue weighted by molar-refractivity contribution is -0.134. The maximum Gasteiger partial charge on any atom is 0.300 e. The van der Waals surface area contributed by atoms with Gasteiger partial charge in [-0.2, -0.15) is 0 Å². The Kier molecular flexibility index (Phi) is 8.14. The highest BCUT2D eigenvalue weighted by atomic mass is 19.1. The second-order valence-electron chi connectivity index (χ2n) is 8.23. The van der Waals surface area contributed by atoms with Crippen LogP contribution in [0.2, 0.25) is 0 Å². The first-order valence-electron chi connectivity index (χ1n) is 11.1. The van der Waals surface area contributed by atoms with E-state index >= 15 is 0 Å². The molecular formula is C24H33FN4O3. The Bertz CT molecular complexity index is 875. The van der Waals surface area contributed by atoms with Crippen molar-refractivity contribution in [3.63, 3.8) is 0 Å². The second kappa shape index (κ2) is 11.0. The summed E-state index contributed by atoms with van der Waals surface area (Å²) in [7, 11) is 3.73. The topological polar surface area (TPSA) is 69.1 Å². The van der Waals surface area contributed by atoms with Crippen LogP contribution in [-0.2, 0) is 4.79 Å². The maximum atomic E-state index is 14.3. The third kappa shape index (κ3) is 6.02. The third-order valence-corrected chi connectivity index (χ3v) is 6.07. The molecule has 2 aliphatic heterocycles. The highest BCUT2D eigenvalue weighted by Crippen LogP contribution is 2.30. The first-order chi connectivity index (χ1) is 15.4. The zero-order chi connectivity index (χ0) is 23.1. The number of halogens is 1. The minimum absolute atomic E-state index is 0.188. The van der Waals surface area contributed by atoms with E-state index in [0.717, 1.165) is 51.8 Å². The smallest absolute Gasteiger partial charge is 0.300 e. The molecule has 0 atom stereocenters. The van der Waals surface area contributed by atoms with Crippen molar-refractivity contribution in [1.82, 2.24) is 4.98 Å². The number of carbonyl (C=O) groups is 1. The number of carboxylic acids is 1. The number of hydrogen-bond acceptors (Lipinski definition) is 6. The molecule has 7 nitrogen and oxygen atoms in total. The monoisotopic (exact) mass is 444 g/mol. The van der Waals surface area contributed by atoms with Crippen LogP contribution in [0.3, 0.4) is 0 Å². The van der Waals surface area contributed by atoms with Gasteiger partial charge in [-0.25, -0.2) is 9.37 Å². The summed E-state index contributed by atoms with van der Waals surface area (Å²) in [6, 6.07) is 9.66. The number of benzene rings is 1. The normalized spacial score (nSPS) is 16.4. The summed E-state index contributed by atoms with van der Waals surface area (Å²) in [5.74, 6) is 0.679. The molecule has 1 aromatic carbocycles. The Labute approximate surface area is 189 Å². The molecule has 3 heterocycles. The Morgan fingerprint density at radius 3 is 2.34 bits per heavy atom. The van der Waals surface area contributed by atoms with Crippen LogP contribution in [-0.4, -0.2) is 62.4 Å². The molecule has 0 unspecified atom stereocenters. The summed E-state index contributed by atoms with van der Waals surface area (Å²) in [5.41, 5.74) is 1.85. The van der Waals surface area contributed by atoms with Gasteiger partial charge in [0.05, 0.1) is 24.7 Å². The lowest BCUT2D eigenvalue weighted by Crippen LogP contribution is -2.44. The highest BCUT2D eigenvalue weighted by molar-refractivity contribution is 5.63. The largest absolute Gasteiger partial charge is 0.497 e. The van der Waals surface area contributed by atoms with Gasteiger partial charge in [-0.15, -0.1) is 0 Å².